The number of thiophene rings is 1. The van der Waals surface area contributed by atoms with E-state index in [1.54, 1.807) is 12.1 Å². The minimum Gasteiger partial charge on any atom is -0.478 e. The summed E-state index contributed by atoms with van der Waals surface area (Å²) in [6.45, 7) is 0. The van der Waals surface area contributed by atoms with Crippen LogP contribution >= 0.6 is 11.3 Å². The molecule has 2 aromatic carbocycles. The third kappa shape index (κ3) is 2.64. The Kier molecular flexibility index (Phi) is 3.41. The number of carboxylic acid groups (broad SMARTS) is 1. The van der Waals surface area contributed by atoms with Gasteiger partial charge in [-0.05, 0) is 30.3 Å². The zero-order chi connectivity index (χ0) is 14.8. The molecule has 0 aliphatic carbocycles. The smallest absolute Gasteiger partial charge is 0.335 e. The predicted molar refractivity (Wildman–Crippen MR) is 83.2 cm³/mol. The number of rotatable bonds is 3. The number of amides is 1. The largest absolute Gasteiger partial charge is 0.478 e. The molecule has 0 aliphatic rings. The van der Waals surface area contributed by atoms with Gasteiger partial charge < -0.3 is 10.4 Å². The molecule has 0 saturated carbocycles. The quantitative estimate of drug-likeness (QED) is 0.771. The van der Waals surface area contributed by atoms with Gasteiger partial charge in [-0.3, -0.25) is 4.79 Å². The lowest BCUT2D eigenvalue weighted by atomic mass is 10.1. The first kappa shape index (κ1) is 13.3. The zero-order valence-electron chi connectivity index (χ0n) is 10.9. The second-order valence-corrected chi connectivity index (χ2v) is 5.39. The maximum Gasteiger partial charge on any atom is 0.335 e. The van der Waals surface area contributed by atoms with Crippen LogP contribution in [-0.4, -0.2) is 17.0 Å². The average Bonchev–Trinajstić information content (AvgIpc) is 2.92. The highest BCUT2D eigenvalue weighted by Crippen LogP contribution is 2.26. The second-order valence-electron chi connectivity index (χ2n) is 4.48. The van der Waals surface area contributed by atoms with E-state index < -0.39 is 5.97 Å². The summed E-state index contributed by atoms with van der Waals surface area (Å²) in [6.07, 6.45) is 0. The van der Waals surface area contributed by atoms with E-state index in [1.165, 1.54) is 23.5 Å². The maximum absolute atomic E-state index is 12.3. The van der Waals surface area contributed by atoms with Crippen LogP contribution in [-0.2, 0) is 0 Å². The third-order valence-electron chi connectivity index (χ3n) is 3.12. The Morgan fingerprint density at radius 1 is 1.00 bits per heavy atom. The van der Waals surface area contributed by atoms with Gasteiger partial charge in [0, 0.05) is 21.2 Å². The molecule has 0 saturated heterocycles. The first-order chi connectivity index (χ1) is 10.1. The molecule has 4 nitrogen and oxygen atoms in total. The number of carboxylic acids is 1. The number of benzene rings is 2. The lowest BCUT2D eigenvalue weighted by molar-refractivity contribution is 0.0696. The first-order valence-corrected chi connectivity index (χ1v) is 7.14. The Morgan fingerprint density at radius 2 is 1.71 bits per heavy atom. The SMILES string of the molecule is O=C(O)c1ccc(NC(=O)c2csc3ccccc23)cc1. The Morgan fingerprint density at radius 3 is 2.43 bits per heavy atom. The van der Waals surface area contributed by atoms with Crippen molar-refractivity contribution in [2.24, 2.45) is 0 Å². The molecule has 0 bridgehead atoms. The Balaban J connectivity index is 1.84. The van der Waals surface area contributed by atoms with Crippen molar-refractivity contribution in [3.05, 3.63) is 65.0 Å². The van der Waals surface area contributed by atoms with Gasteiger partial charge in [0.15, 0.2) is 0 Å². The van der Waals surface area contributed by atoms with E-state index in [0.717, 1.165) is 10.1 Å². The summed E-state index contributed by atoms with van der Waals surface area (Å²) in [5.41, 5.74) is 1.38. The van der Waals surface area contributed by atoms with Crippen LogP contribution in [0.1, 0.15) is 20.7 Å². The summed E-state index contributed by atoms with van der Waals surface area (Å²) in [5.74, 6) is -1.19. The molecule has 0 aliphatic heterocycles. The zero-order valence-corrected chi connectivity index (χ0v) is 11.7. The van der Waals surface area contributed by atoms with Crippen LogP contribution < -0.4 is 5.32 Å². The van der Waals surface area contributed by atoms with Crippen molar-refractivity contribution in [2.45, 2.75) is 0 Å². The monoisotopic (exact) mass is 297 g/mol. The normalized spacial score (nSPS) is 10.5. The molecular formula is C16H11NO3S. The average molecular weight is 297 g/mol. The molecule has 1 amide bonds. The van der Waals surface area contributed by atoms with Gasteiger partial charge in [-0.2, -0.15) is 0 Å². The van der Waals surface area contributed by atoms with Crippen LogP contribution in [0.15, 0.2) is 53.9 Å². The van der Waals surface area contributed by atoms with Gasteiger partial charge in [0.25, 0.3) is 5.91 Å². The van der Waals surface area contributed by atoms with E-state index in [4.69, 9.17) is 5.11 Å². The molecular weight excluding hydrogens is 286 g/mol. The van der Waals surface area contributed by atoms with Crippen LogP contribution in [0.3, 0.4) is 0 Å². The number of nitrogens with one attached hydrogen (secondary N) is 1. The van der Waals surface area contributed by atoms with Crippen LogP contribution in [0.2, 0.25) is 0 Å². The Bertz CT molecular complexity index is 821. The van der Waals surface area contributed by atoms with E-state index in [0.29, 0.717) is 11.3 Å². The van der Waals surface area contributed by atoms with Crippen molar-refractivity contribution in [1.82, 2.24) is 0 Å². The standard InChI is InChI=1S/C16H11NO3S/c18-15(13-9-21-14-4-2-1-3-12(13)14)17-11-7-5-10(6-8-11)16(19)20/h1-9H,(H,17,18)(H,19,20). The number of carbonyl (C=O) groups excluding carboxylic acids is 1. The summed E-state index contributed by atoms with van der Waals surface area (Å²) in [6, 6.07) is 13.8. The van der Waals surface area contributed by atoms with Crippen LogP contribution in [0.25, 0.3) is 10.1 Å². The highest BCUT2D eigenvalue weighted by Gasteiger charge is 2.12. The van der Waals surface area contributed by atoms with E-state index in [1.807, 2.05) is 29.6 Å². The number of carbonyl (C=O) groups is 2. The fourth-order valence-electron chi connectivity index (χ4n) is 2.05. The van der Waals surface area contributed by atoms with Gasteiger partial charge in [-0.1, -0.05) is 18.2 Å². The fourth-order valence-corrected chi connectivity index (χ4v) is 2.99. The molecule has 0 spiro atoms. The van der Waals surface area contributed by atoms with Crippen molar-refractivity contribution < 1.29 is 14.7 Å². The minimum atomic E-state index is -0.989. The fraction of sp³-hybridized carbons (Fsp3) is 0. The number of hydrogen-bond donors (Lipinski definition) is 2. The van der Waals surface area contributed by atoms with Crippen LogP contribution in [0.5, 0.6) is 0 Å². The van der Waals surface area contributed by atoms with Crippen LogP contribution in [0.4, 0.5) is 5.69 Å². The van der Waals surface area contributed by atoms with E-state index in [9.17, 15) is 9.59 Å². The lowest BCUT2D eigenvalue weighted by Crippen LogP contribution is -2.11. The van der Waals surface area contributed by atoms with Gasteiger partial charge in [0.1, 0.15) is 0 Å². The number of hydrogen-bond acceptors (Lipinski definition) is 3. The van der Waals surface area contributed by atoms with Gasteiger partial charge >= 0.3 is 5.97 Å². The molecule has 1 heterocycles. The summed E-state index contributed by atoms with van der Waals surface area (Å²) in [7, 11) is 0. The molecule has 0 unspecified atom stereocenters. The second kappa shape index (κ2) is 5.38. The Labute approximate surface area is 124 Å². The van der Waals surface area contributed by atoms with Crippen molar-refractivity contribution in [3.63, 3.8) is 0 Å². The van der Waals surface area contributed by atoms with E-state index in [-0.39, 0.29) is 11.5 Å². The Hall–Kier alpha value is -2.66. The number of anilines is 1. The molecule has 2 N–H and O–H groups in total. The maximum atomic E-state index is 12.3. The third-order valence-corrected chi connectivity index (χ3v) is 4.08. The molecule has 3 rings (SSSR count). The first-order valence-electron chi connectivity index (χ1n) is 6.26. The van der Waals surface area contributed by atoms with Gasteiger partial charge in [0.2, 0.25) is 0 Å². The van der Waals surface area contributed by atoms with Gasteiger partial charge in [-0.25, -0.2) is 4.79 Å². The summed E-state index contributed by atoms with van der Waals surface area (Å²) >= 11 is 1.52. The van der Waals surface area contributed by atoms with Crippen molar-refractivity contribution in [3.8, 4) is 0 Å². The molecule has 21 heavy (non-hydrogen) atoms. The van der Waals surface area contributed by atoms with Crippen molar-refractivity contribution >= 4 is 39.0 Å². The van der Waals surface area contributed by atoms with Crippen LogP contribution in [0, 0.1) is 0 Å². The number of aromatic carboxylic acids is 1. The minimum absolute atomic E-state index is 0.189. The summed E-state index contributed by atoms with van der Waals surface area (Å²) < 4.78 is 1.06. The topological polar surface area (TPSA) is 66.4 Å². The summed E-state index contributed by atoms with van der Waals surface area (Å²) in [5, 5.41) is 14.4. The van der Waals surface area contributed by atoms with E-state index in [2.05, 4.69) is 5.32 Å². The highest BCUT2D eigenvalue weighted by molar-refractivity contribution is 7.17. The molecule has 0 fully saturated rings. The lowest BCUT2D eigenvalue weighted by Gasteiger charge is -2.05. The van der Waals surface area contributed by atoms with Crippen molar-refractivity contribution in [1.29, 1.82) is 0 Å². The van der Waals surface area contributed by atoms with Gasteiger partial charge in [0.05, 0.1) is 11.1 Å². The molecule has 104 valence electrons. The molecule has 3 aromatic rings. The highest BCUT2D eigenvalue weighted by atomic mass is 32.1. The van der Waals surface area contributed by atoms with Gasteiger partial charge in [-0.15, -0.1) is 11.3 Å². The van der Waals surface area contributed by atoms with Crippen molar-refractivity contribution in [2.75, 3.05) is 5.32 Å². The molecule has 1 aromatic heterocycles. The predicted octanol–water partition coefficient (Wildman–Crippen LogP) is 3.85. The van der Waals surface area contributed by atoms with E-state index >= 15 is 0 Å². The number of fused-ring (bicyclic) bond motifs is 1. The molecule has 5 heteroatoms. The summed E-state index contributed by atoms with van der Waals surface area (Å²) in [4.78, 5) is 23.1. The molecule has 0 radical (unpaired) electrons. The molecule has 0 atom stereocenters.